The van der Waals surface area contributed by atoms with Gasteiger partial charge >= 0.3 is 0 Å². The molecule has 5 heteroatoms. The molecule has 158 valence electrons. The summed E-state index contributed by atoms with van der Waals surface area (Å²) in [5, 5.41) is 19.2. The van der Waals surface area contributed by atoms with Crippen LogP contribution in [-0.4, -0.2) is 19.6 Å². The maximum Gasteiger partial charge on any atom is 0.196 e. The van der Waals surface area contributed by atoms with Crippen molar-refractivity contribution in [3.8, 4) is 12.1 Å². The molecule has 4 nitrogen and oxygen atoms in total. The van der Waals surface area contributed by atoms with Gasteiger partial charge in [-0.25, -0.2) is 0 Å². The topological polar surface area (TPSA) is 81.7 Å². The first kappa shape index (κ1) is 23.8. The van der Waals surface area contributed by atoms with Crippen LogP contribution in [0.15, 0.2) is 46.7 Å². The smallest absolute Gasteiger partial charge is 0.196 e. The number of Topliss-reactive ketones (excluding diaryl/α,β-unsaturated/α-hetero) is 1. The molecule has 0 saturated heterocycles. The molecule has 0 radical (unpaired) electrons. The highest BCUT2D eigenvalue weighted by molar-refractivity contribution is 6.80. The molecule has 2 aliphatic carbocycles. The Morgan fingerprint density at radius 3 is 2.17 bits per heavy atom. The van der Waals surface area contributed by atoms with Crippen molar-refractivity contribution < 1.29 is 9.59 Å². The normalized spacial score (nSPS) is 29.0. The molecule has 0 spiro atoms. The van der Waals surface area contributed by atoms with Crippen molar-refractivity contribution in [3.05, 3.63) is 46.7 Å². The van der Waals surface area contributed by atoms with Crippen LogP contribution in [0, 0.1) is 38.9 Å². The van der Waals surface area contributed by atoms with Crippen molar-refractivity contribution in [2.45, 2.75) is 66.6 Å². The molecule has 0 aromatic carbocycles. The van der Waals surface area contributed by atoms with Crippen LogP contribution in [0.25, 0.3) is 0 Å². The standard InChI is InChI=1S/C25H32N2O2Si/c1-8-9-25(10-11-30(5,6)7)14-18(15-26)20(28)12-21(25)24(4)13-19(16-27)22(29)23(2,3)17-24/h10-14H,8-9,17H2,1-7H3/t24-,25+/m1/s1. The number of hydrogen-bond acceptors (Lipinski definition) is 4. The van der Waals surface area contributed by atoms with Gasteiger partial charge in [0.15, 0.2) is 11.6 Å². The van der Waals surface area contributed by atoms with Gasteiger partial charge in [-0.2, -0.15) is 10.5 Å². The summed E-state index contributed by atoms with van der Waals surface area (Å²) >= 11 is 0. The highest BCUT2D eigenvalue weighted by Gasteiger charge is 2.50. The van der Waals surface area contributed by atoms with Crippen molar-refractivity contribution in [2.75, 3.05) is 0 Å². The minimum absolute atomic E-state index is 0.150. The molecular weight excluding hydrogens is 388 g/mol. The Bertz CT molecular complexity index is 976. The Balaban J connectivity index is 2.82. The maximum atomic E-state index is 12.8. The molecule has 0 aromatic rings. The first-order valence-corrected chi connectivity index (χ1v) is 14.1. The minimum atomic E-state index is -1.56. The van der Waals surface area contributed by atoms with Crippen LogP contribution in [0.5, 0.6) is 0 Å². The Morgan fingerprint density at radius 1 is 1.07 bits per heavy atom. The zero-order valence-corrected chi connectivity index (χ0v) is 20.2. The molecule has 0 amide bonds. The quantitative estimate of drug-likeness (QED) is 0.540. The van der Waals surface area contributed by atoms with Gasteiger partial charge in [0.25, 0.3) is 0 Å². The Hall–Kier alpha value is -2.50. The lowest BCUT2D eigenvalue weighted by Crippen LogP contribution is -2.42. The van der Waals surface area contributed by atoms with Crippen LogP contribution >= 0.6 is 0 Å². The van der Waals surface area contributed by atoms with E-state index in [1.165, 1.54) is 0 Å². The summed E-state index contributed by atoms with van der Waals surface area (Å²) in [6.07, 6.45) is 9.46. The van der Waals surface area contributed by atoms with Gasteiger partial charge in [-0.1, -0.05) is 71.6 Å². The van der Waals surface area contributed by atoms with Crippen LogP contribution in [0.3, 0.4) is 0 Å². The third-order valence-electron chi connectivity index (χ3n) is 5.98. The van der Waals surface area contributed by atoms with Gasteiger partial charge in [-0.15, -0.1) is 0 Å². The van der Waals surface area contributed by atoms with Gasteiger partial charge in [0, 0.05) is 16.2 Å². The number of nitriles is 2. The van der Waals surface area contributed by atoms with Gasteiger partial charge < -0.3 is 0 Å². The van der Waals surface area contributed by atoms with Crippen molar-refractivity contribution in [1.29, 1.82) is 10.5 Å². The molecule has 2 rings (SSSR count). The monoisotopic (exact) mass is 420 g/mol. The second kappa shape index (κ2) is 7.97. The van der Waals surface area contributed by atoms with Crippen molar-refractivity contribution in [3.63, 3.8) is 0 Å². The fourth-order valence-electron chi connectivity index (χ4n) is 4.83. The fourth-order valence-corrected chi connectivity index (χ4v) is 5.63. The summed E-state index contributed by atoms with van der Waals surface area (Å²) in [4.78, 5) is 25.5. The first-order valence-electron chi connectivity index (χ1n) is 10.5. The number of rotatable bonds is 5. The van der Waals surface area contributed by atoms with Crippen molar-refractivity contribution in [2.24, 2.45) is 16.2 Å². The summed E-state index contributed by atoms with van der Waals surface area (Å²) < 4.78 is 0. The molecule has 0 aliphatic heterocycles. The number of carbonyl (C=O) groups is 2. The second-order valence-corrected chi connectivity index (χ2v) is 15.6. The molecule has 2 aliphatic rings. The maximum absolute atomic E-state index is 12.8. The molecule has 0 N–H and O–H groups in total. The summed E-state index contributed by atoms with van der Waals surface area (Å²) in [6.45, 7) is 14.5. The summed E-state index contributed by atoms with van der Waals surface area (Å²) in [6, 6.07) is 4.14. The zero-order valence-electron chi connectivity index (χ0n) is 19.2. The third-order valence-corrected chi connectivity index (χ3v) is 7.14. The van der Waals surface area contributed by atoms with E-state index >= 15 is 0 Å². The van der Waals surface area contributed by atoms with Crippen LogP contribution in [0.2, 0.25) is 19.6 Å². The predicted molar refractivity (Wildman–Crippen MR) is 122 cm³/mol. The molecule has 0 saturated carbocycles. The molecule has 0 unspecified atom stereocenters. The first-order chi connectivity index (χ1) is 13.7. The third kappa shape index (κ3) is 4.47. The highest BCUT2D eigenvalue weighted by atomic mass is 28.3. The van der Waals surface area contributed by atoms with Gasteiger partial charge in [-0.05, 0) is 30.6 Å². The van der Waals surface area contributed by atoms with Crippen molar-refractivity contribution in [1.82, 2.24) is 0 Å². The Morgan fingerprint density at radius 2 is 1.67 bits per heavy atom. The van der Waals surface area contributed by atoms with E-state index in [-0.39, 0.29) is 22.7 Å². The van der Waals surface area contributed by atoms with E-state index in [2.05, 4.69) is 50.5 Å². The second-order valence-electron chi connectivity index (χ2n) is 10.6. The SMILES string of the molecule is CCC[C@]1(C=C[Si](C)(C)C)C=C(C#N)C(=O)C=C1[C@]1(C)C=C(C#N)C(=O)C(C)(C)C1. The Kier molecular flexibility index (Phi) is 6.31. The van der Waals surface area contributed by atoms with Gasteiger partial charge in [-0.3, -0.25) is 9.59 Å². The number of carbonyl (C=O) groups excluding carboxylic acids is 2. The summed E-state index contributed by atoms with van der Waals surface area (Å²) in [5.74, 6) is -0.458. The van der Waals surface area contributed by atoms with E-state index in [1.807, 2.05) is 26.8 Å². The van der Waals surface area contributed by atoms with E-state index in [0.717, 1.165) is 18.4 Å². The van der Waals surface area contributed by atoms with Crippen molar-refractivity contribution >= 4 is 19.6 Å². The minimum Gasteiger partial charge on any atom is -0.293 e. The molecule has 0 aromatic heterocycles. The average molecular weight is 421 g/mol. The Labute approximate surface area is 181 Å². The lowest BCUT2D eigenvalue weighted by Gasteiger charge is -2.47. The van der Waals surface area contributed by atoms with E-state index in [0.29, 0.717) is 6.42 Å². The van der Waals surface area contributed by atoms with Gasteiger partial charge in [0.05, 0.1) is 19.2 Å². The highest BCUT2D eigenvalue weighted by Crippen LogP contribution is 2.55. The van der Waals surface area contributed by atoms with Crippen LogP contribution in [0.1, 0.15) is 47.0 Å². The summed E-state index contributed by atoms with van der Waals surface area (Å²) in [7, 11) is -1.56. The van der Waals surface area contributed by atoms with Crippen LogP contribution in [0.4, 0.5) is 0 Å². The number of hydrogen-bond donors (Lipinski definition) is 0. The van der Waals surface area contributed by atoms with E-state index in [1.54, 1.807) is 12.2 Å². The van der Waals surface area contributed by atoms with E-state index in [4.69, 9.17) is 0 Å². The lowest BCUT2D eigenvalue weighted by molar-refractivity contribution is -0.124. The molecule has 30 heavy (non-hydrogen) atoms. The molecule has 2 atom stereocenters. The molecule has 0 heterocycles. The van der Waals surface area contributed by atoms with Gasteiger partial charge in [0.1, 0.15) is 12.1 Å². The number of allylic oxidation sites excluding steroid dienone is 7. The predicted octanol–water partition coefficient (Wildman–Crippen LogP) is 5.62. The molecule has 0 bridgehead atoms. The van der Waals surface area contributed by atoms with E-state index in [9.17, 15) is 20.1 Å². The van der Waals surface area contributed by atoms with Crippen LogP contribution in [-0.2, 0) is 9.59 Å². The van der Waals surface area contributed by atoms with Gasteiger partial charge in [0.2, 0.25) is 0 Å². The number of ketones is 2. The largest absolute Gasteiger partial charge is 0.293 e. The fraction of sp³-hybridized carbons (Fsp3) is 0.520. The molecule has 0 fully saturated rings. The summed E-state index contributed by atoms with van der Waals surface area (Å²) in [5.41, 5.74) is 1.50. The lowest BCUT2D eigenvalue weighted by atomic mass is 9.55. The average Bonchev–Trinajstić information content (AvgIpc) is 2.63. The van der Waals surface area contributed by atoms with Crippen LogP contribution < -0.4 is 0 Å². The molecular formula is C25H32N2O2Si. The van der Waals surface area contributed by atoms with E-state index < -0.39 is 24.3 Å². The number of nitrogens with zero attached hydrogens (tertiary/aromatic N) is 2. The zero-order chi connectivity index (χ0) is 23.0.